The van der Waals surface area contributed by atoms with Crippen molar-refractivity contribution in [3.05, 3.63) is 53.9 Å². The number of rotatable bonds is 6. The Hall–Kier alpha value is -2.74. The lowest BCUT2D eigenvalue weighted by atomic mass is 10.0. The highest BCUT2D eigenvalue weighted by Crippen LogP contribution is 2.37. The fraction of sp³-hybridized carbons (Fsp3) is 0.429. The average molecular weight is 400 g/mol. The first-order valence-corrected chi connectivity index (χ1v) is 9.87. The van der Waals surface area contributed by atoms with Gasteiger partial charge in [-0.25, -0.2) is 18.3 Å². The maximum atomic E-state index is 14.4. The van der Waals surface area contributed by atoms with Gasteiger partial charge in [0.05, 0.1) is 12.2 Å². The molecule has 1 fully saturated rings. The maximum absolute atomic E-state index is 14.4. The van der Waals surface area contributed by atoms with Crippen LogP contribution in [0.25, 0.3) is 5.65 Å². The third kappa shape index (κ3) is 3.89. The number of benzene rings is 1. The summed E-state index contributed by atoms with van der Waals surface area (Å²) in [5.74, 6) is -0.0726. The van der Waals surface area contributed by atoms with Gasteiger partial charge < -0.3 is 15.5 Å². The number of likely N-dealkylation sites (N-methyl/N-ethyl adjacent to an activating group) is 1. The van der Waals surface area contributed by atoms with Crippen molar-refractivity contribution in [2.75, 3.05) is 30.4 Å². The zero-order valence-electron chi connectivity index (χ0n) is 16.9. The molecule has 0 saturated carbocycles. The molecule has 1 atom stereocenters. The first kappa shape index (κ1) is 19.6. The number of nitrogens with zero attached hydrogens (tertiary/aromatic N) is 4. The predicted octanol–water partition coefficient (Wildman–Crippen LogP) is 3.76. The van der Waals surface area contributed by atoms with Gasteiger partial charge in [0.25, 0.3) is 0 Å². The van der Waals surface area contributed by atoms with Crippen LogP contribution in [0.1, 0.15) is 38.3 Å². The van der Waals surface area contributed by atoms with Crippen molar-refractivity contribution in [2.24, 2.45) is 0 Å². The van der Waals surface area contributed by atoms with Gasteiger partial charge in [-0.15, -0.1) is 0 Å². The van der Waals surface area contributed by atoms with Crippen molar-refractivity contribution in [1.29, 1.82) is 0 Å². The molecule has 1 aliphatic rings. The second-order valence-electron chi connectivity index (χ2n) is 8.12. The van der Waals surface area contributed by atoms with Crippen molar-refractivity contribution in [1.82, 2.24) is 19.9 Å². The van der Waals surface area contributed by atoms with Gasteiger partial charge in [0.2, 0.25) is 0 Å². The van der Waals surface area contributed by atoms with Crippen LogP contribution in [0.2, 0.25) is 0 Å². The summed E-state index contributed by atoms with van der Waals surface area (Å²) in [6.07, 6.45) is 5.26. The molecule has 8 heteroatoms. The molecular formula is C21H26F2N6. The number of aromatic nitrogens is 3. The van der Waals surface area contributed by atoms with E-state index in [4.69, 9.17) is 4.98 Å². The lowest BCUT2D eigenvalue weighted by molar-refractivity contribution is 0.448. The number of nitrogens with one attached hydrogen (secondary N) is 2. The molecule has 1 aromatic carbocycles. The van der Waals surface area contributed by atoms with Crippen LogP contribution in [0.4, 0.5) is 20.3 Å². The molecule has 1 aliphatic heterocycles. The monoisotopic (exact) mass is 400 g/mol. The van der Waals surface area contributed by atoms with E-state index in [1.54, 1.807) is 10.7 Å². The van der Waals surface area contributed by atoms with Gasteiger partial charge in [0.1, 0.15) is 23.1 Å². The van der Waals surface area contributed by atoms with E-state index >= 15 is 0 Å². The number of fused-ring (bicyclic) bond motifs is 1. The summed E-state index contributed by atoms with van der Waals surface area (Å²) in [5, 5.41) is 11.0. The summed E-state index contributed by atoms with van der Waals surface area (Å²) in [4.78, 5) is 6.85. The average Bonchev–Trinajstić information content (AvgIpc) is 3.35. The number of halogens is 2. The van der Waals surface area contributed by atoms with Gasteiger partial charge in [-0.2, -0.15) is 5.10 Å². The van der Waals surface area contributed by atoms with E-state index < -0.39 is 5.82 Å². The number of hydrogen-bond donors (Lipinski definition) is 2. The predicted molar refractivity (Wildman–Crippen MR) is 110 cm³/mol. The lowest BCUT2D eigenvalue weighted by Gasteiger charge is -2.27. The van der Waals surface area contributed by atoms with Crippen molar-refractivity contribution in [2.45, 2.75) is 38.3 Å². The second kappa shape index (κ2) is 7.59. The van der Waals surface area contributed by atoms with E-state index in [2.05, 4.69) is 29.6 Å². The topological polar surface area (TPSA) is 57.5 Å². The number of hydrogen-bond acceptors (Lipinski definition) is 5. The van der Waals surface area contributed by atoms with Crippen LogP contribution in [0.5, 0.6) is 0 Å². The Kier molecular flexibility index (Phi) is 5.12. The van der Waals surface area contributed by atoms with Gasteiger partial charge in [0.15, 0.2) is 5.65 Å². The molecule has 1 saturated heterocycles. The molecular weight excluding hydrogens is 374 g/mol. The van der Waals surface area contributed by atoms with Crippen LogP contribution in [-0.2, 0) is 0 Å². The van der Waals surface area contributed by atoms with Gasteiger partial charge in [0, 0.05) is 30.4 Å². The summed E-state index contributed by atoms with van der Waals surface area (Å²) in [6.45, 7) is 5.66. The molecule has 0 spiro atoms. The van der Waals surface area contributed by atoms with Crippen LogP contribution in [0, 0.1) is 11.6 Å². The standard InChI is InChI=1S/C21H26F2N6/c1-21(2,24-3)13-25-17-12-26-29-10-8-19(27-20(17)29)28-9-4-5-18(28)15-11-14(22)6-7-16(15)23/h6-8,10-12,18,24-25H,4-5,9,13H2,1-3H3/t18-/m1/s1. The largest absolute Gasteiger partial charge is 0.379 e. The minimum absolute atomic E-state index is 0.0825. The molecule has 154 valence electrons. The Morgan fingerprint density at radius 3 is 2.86 bits per heavy atom. The first-order chi connectivity index (χ1) is 13.9. The minimum atomic E-state index is -0.425. The minimum Gasteiger partial charge on any atom is -0.379 e. The molecule has 3 aromatic rings. The molecule has 6 nitrogen and oxygen atoms in total. The highest BCUT2D eigenvalue weighted by molar-refractivity contribution is 5.68. The SMILES string of the molecule is CNC(C)(C)CNc1cnn2ccc(N3CCC[C@@H]3c3cc(F)ccc3F)nc12. The fourth-order valence-corrected chi connectivity index (χ4v) is 3.68. The Balaban J connectivity index is 1.65. The Morgan fingerprint density at radius 1 is 1.24 bits per heavy atom. The highest BCUT2D eigenvalue weighted by atomic mass is 19.1. The summed E-state index contributed by atoms with van der Waals surface area (Å²) >= 11 is 0. The van der Waals surface area contributed by atoms with E-state index in [1.807, 2.05) is 24.2 Å². The number of anilines is 2. The Labute approximate surface area is 168 Å². The Morgan fingerprint density at radius 2 is 2.07 bits per heavy atom. The maximum Gasteiger partial charge on any atom is 0.180 e. The van der Waals surface area contributed by atoms with Crippen LogP contribution in [0.15, 0.2) is 36.7 Å². The Bertz CT molecular complexity index is 1020. The molecule has 0 amide bonds. The fourth-order valence-electron chi connectivity index (χ4n) is 3.68. The smallest absolute Gasteiger partial charge is 0.180 e. The summed E-state index contributed by atoms with van der Waals surface area (Å²) in [5.41, 5.74) is 1.84. The molecule has 2 N–H and O–H groups in total. The van der Waals surface area contributed by atoms with E-state index in [0.29, 0.717) is 17.8 Å². The van der Waals surface area contributed by atoms with E-state index in [9.17, 15) is 8.78 Å². The van der Waals surface area contributed by atoms with Crippen LogP contribution in [0.3, 0.4) is 0 Å². The van der Waals surface area contributed by atoms with Crippen molar-refractivity contribution < 1.29 is 8.78 Å². The zero-order valence-corrected chi connectivity index (χ0v) is 16.9. The molecule has 0 bridgehead atoms. The van der Waals surface area contributed by atoms with Crippen LogP contribution >= 0.6 is 0 Å². The zero-order chi connectivity index (χ0) is 20.6. The molecule has 3 heterocycles. The quantitative estimate of drug-likeness (QED) is 0.660. The third-order valence-electron chi connectivity index (χ3n) is 5.62. The molecule has 0 aliphatic carbocycles. The van der Waals surface area contributed by atoms with Crippen LogP contribution < -0.4 is 15.5 Å². The molecule has 0 unspecified atom stereocenters. The van der Waals surface area contributed by atoms with E-state index in [-0.39, 0.29) is 17.4 Å². The molecule has 2 aromatic heterocycles. The van der Waals surface area contributed by atoms with Crippen LogP contribution in [-0.4, -0.2) is 40.3 Å². The second-order valence-corrected chi connectivity index (χ2v) is 8.12. The highest BCUT2D eigenvalue weighted by Gasteiger charge is 2.30. The normalized spacial score (nSPS) is 17.3. The van der Waals surface area contributed by atoms with Gasteiger partial charge in [-0.3, -0.25) is 0 Å². The van der Waals surface area contributed by atoms with Crippen molar-refractivity contribution in [3.63, 3.8) is 0 Å². The van der Waals surface area contributed by atoms with Gasteiger partial charge in [-0.05, 0) is 58.0 Å². The molecule has 4 rings (SSSR count). The summed E-state index contributed by atoms with van der Waals surface area (Å²) < 4.78 is 29.8. The van der Waals surface area contributed by atoms with Crippen molar-refractivity contribution in [3.8, 4) is 0 Å². The summed E-state index contributed by atoms with van der Waals surface area (Å²) in [6, 6.07) is 5.28. The van der Waals surface area contributed by atoms with Gasteiger partial charge in [-0.1, -0.05) is 0 Å². The first-order valence-electron chi connectivity index (χ1n) is 9.87. The molecule has 29 heavy (non-hydrogen) atoms. The van der Waals surface area contributed by atoms with E-state index in [1.165, 1.54) is 12.1 Å². The van der Waals surface area contributed by atoms with E-state index in [0.717, 1.165) is 37.0 Å². The summed E-state index contributed by atoms with van der Waals surface area (Å²) in [7, 11) is 1.92. The molecule has 0 radical (unpaired) electrons. The van der Waals surface area contributed by atoms with Crippen molar-refractivity contribution >= 4 is 17.2 Å². The third-order valence-corrected chi connectivity index (χ3v) is 5.62. The lowest BCUT2D eigenvalue weighted by Crippen LogP contribution is -2.42. The van der Waals surface area contributed by atoms with Gasteiger partial charge >= 0.3 is 0 Å².